The molecule has 1 amide bonds. The van der Waals surface area contributed by atoms with Crippen molar-refractivity contribution in [3.05, 3.63) is 22.4 Å². The Morgan fingerprint density at radius 3 is 2.88 bits per heavy atom. The molecule has 17 heavy (non-hydrogen) atoms. The molecule has 0 saturated heterocycles. The van der Waals surface area contributed by atoms with Gasteiger partial charge in [-0.1, -0.05) is 0 Å². The second-order valence-corrected chi connectivity index (χ2v) is 5.51. The number of aromatic nitrogens is 1. The summed E-state index contributed by atoms with van der Waals surface area (Å²) in [7, 11) is 0. The van der Waals surface area contributed by atoms with Crippen molar-refractivity contribution in [2.75, 3.05) is 6.54 Å². The molecule has 1 aromatic rings. The summed E-state index contributed by atoms with van der Waals surface area (Å²) in [5.41, 5.74) is -0.0430. The van der Waals surface area contributed by atoms with Crippen LogP contribution in [-0.4, -0.2) is 27.7 Å². The fraction of sp³-hybridized carbons (Fsp3) is 0.583. The minimum atomic E-state index is -0.670. The van der Waals surface area contributed by atoms with E-state index in [2.05, 4.69) is 21.2 Å². The first-order chi connectivity index (χ1) is 8.04. The number of amides is 1. The molecular weight excluding hydrogens is 284 g/mol. The Balaban J connectivity index is 1.99. The quantitative estimate of drug-likeness (QED) is 0.892. The highest BCUT2D eigenvalue weighted by molar-refractivity contribution is 9.10. The summed E-state index contributed by atoms with van der Waals surface area (Å²) in [4.78, 5) is 12.0. The second kappa shape index (κ2) is 4.82. The van der Waals surface area contributed by atoms with Crippen LogP contribution in [0.5, 0.6) is 0 Å². The van der Waals surface area contributed by atoms with Crippen LogP contribution in [-0.2, 0) is 6.54 Å². The number of aryl methyl sites for hydroxylation is 1. The summed E-state index contributed by atoms with van der Waals surface area (Å²) in [5, 5.41) is 12.7. The van der Waals surface area contributed by atoms with Gasteiger partial charge in [-0.05, 0) is 48.2 Å². The number of nitrogens with zero attached hydrogens (tertiary/aromatic N) is 1. The maximum Gasteiger partial charge on any atom is 0.268 e. The zero-order valence-corrected chi connectivity index (χ0v) is 11.5. The Morgan fingerprint density at radius 2 is 2.35 bits per heavy atom. The first kappa shape index (κ1) is 12.6. The molecule has 94 valence electrons. The summed E-state index contributed by atoms with van der Waals surface area (Å²) in [6.45, 7) is 3.08. The Hall–Kier alpha value is -0.810. The molecule has 0 spiro atoms. The molecule has 1 aliphatic carbocycles. The zero-order chi connectivity index (χ0) is 12.5. The monoisotopic (exact) mass is 300 g/mol. The zero-order valence-electron chi connectivity index (χ0n) is 9.87. The third-order valence-corrected chi connectivity index (χ3v) is 3.73. The topological polar surface area (TPSA) is 54.3 Å². The third kappa shape index (κ3) is 2.72. The van der Waals surface area contributed by atoms with E-state index < -0.39 is 5.60 Å². The molecule has 2 rings (SSSR count). The number of halogens is 1. The summed E-state index contributed by atoms with van der Waals surface area (Å²) < 4.78 is 2.77. The molecule has 1 fully saturated rings. The molecule has 0 aromatic carbocycles. The lowest BCUT2D eigenvalue weighted by Gasteiger charge is -2.36. The minimum absolute atomic E-state index is 0.127. The van der Waals surface area contributed by atoms with Crippen LogP contribution in [0.1, 0.15) is 36.7 Å². The van der Waals surface area contributed by atoms with E-state index in [0.717, 1.165) is 30.3 Å². The maximum absolute atomic E-state index is 12.0. The molecule has 0 unspecified atom stereocenters. The Morgan fingerprint density at radius 1 is 1.65 bits per heavy atom. The van der Waals surface area contributed by atoms with Gasteiger partial charge in [-0.25, -0.2) is 0 Å². The van der Waals surface area contributed by atoms with Gasteiger partial charge in [-0.2, -0.15) is 0 Å². The van der Waals surface area contributed by atoms with Crippen molar-refractivity contribution >= 4 is 21.8 Å². The fourth-order valence-electron chi connectivity index (χ4n) is 2.02. The Kier molecular flexibility index (Phi) is 3.58. The SMILES string of the molecule is CCn1cc(Br)cc1C(=O)NCC1(O)CCC1. The van der Waals surface area contributed by atoms with E-state index in [1.165, 1.54) is 0 Å². The van der Waals surface area contributed by atoms with Gasteiger partial charge in [0.25, 0.3) is 5.91 Å². The van der Waals surface area contributed by atoms with Crippen LogP contribution in [0.3, 0.4) is 0 Å². The highest BCUT2D eigenvalue weighted by Crippen LogP contribution is 2.30. The van der Waals surface area contributed by atoms with Crippen LogP contribution in [0, 0.1) is 0 Å². The molecule has 1 aliphatic rings. The molecule has 1 saturated carbocycles. The maximum atomic E-state index is 12.0. The van der Waals surface area contributed by atoms with Crippen molar-refractivity contribution in [1.29, 1.82) is 0 Å². The molecule has 0 bridgehead atoms. The first-order valence-electron chi connectivity index (χ1n) is 5.90. The Bertz CT molecular complexity index is 424. The standard InChI is InChI=1S/C12H17BrN2O2/c1-2-15-7-9(13)6-10(15)11(16)14-8-12(17)4-3-5-12/h6-7,17H,2-5,8H2,1H3,(H,14,16). The normalized spacial score (nSPS) is 17.6. The first-order valence-corrected chi connectivity index (χ1v) is 6.70. The van der Waals surface area contributed by atoms with E-state index in [1.54, 1.807) is 6.07 Å². The van der Waals surface area contributed by atoms with E-state index in [9.17, 15) is 9.90 Å². The number of rotatable bonds is 4. The molecule has 5 heteroatoms. The molecule has 0 atom stereocenters. The van der Waals surface area contributed by atoms with Gasteiger partial charge in [0.1, 0.15) is 5.69 Å². The summed E-state index contributed by atoms with van der Waals surface area (Å²) >= 11 is 3.36. The van der Waals surface area contributed by atoms with Crippen LogP contribution < -0.4 is 5.32 Å². The highest BCUT2D eigenvalue weighted by atomic mass is 79.9. The van der Waals surface area contributed by atoms with Gasteiger partial charge < -0.3 is 15.0 Å². The fourth-order valence-corrected chi connectivity index (χ4v) is 2.49. The average Bonchev–Trinajstić information content (AvgIpc) is 2.64. The average molecular weight is 301 g/mol. The minimum Gasteiger partial charge on any atom is -0.388 e. The number of carbonyl (C=O) groups is 1. The van der Waals surface area contributed by atoms with E-state index in [1.807, 2.05) is 17.7 Å². The molecule has 0 radical (unpaired) electrons. The summed E-state index contributed by atoms with van der Waals surface area (Å²) in [5.74, 6) is -0.127. The van der Waals surface area contributed by atoms with Gasteiger partial charge in [0.15, 0.2) is 0 Å². The van der Waals surface area contributed by atoms with Crippen LogP contribution in [0.15, 0.2) is 16.7 Å². The number of aliphatic hydroxyl groups is 1. The van der Waals surface area contributed by atoms with Gasteiger partial charge in [-0.3, -0.25) is 4.79 Å². The molecular formula is C12H17BrN2O2. The highest BCUT2D eigenvalue weighted by Gasteiger charge is 2.34. The van der Waals surface area contributed by atoms with E-state index in [0.29, 0.717) is 12.2 Å². The molecule has 1 aromatic heterocycles. The van der Waals surface area contributed by atoms with Crippen molar-refractivity contribution in [3.8, 4) is 0 Å². The smallest absolute Gasteiger partial charge is 0.268 e. The largest absolute Gasteiger partial charge is 0.388 e. The Labute approximate surface area is 109 Å². The van der Waals surface area contributed by atoms with E-state index in [4.69, 9.17) is 0 Å². The van der Waals surface area contributed by atoms with Crippen LogP contribution in [0.2, 0.25) is 0 Å². The molecule has 2 N–H and O–H groups in total. The number of hydrogen-bond donors (Lipinski definition) is 2. The predicted molar refractivity (Wildman–Crippen MR) is 68.9 cm³/mol. The molecule has 1 heterocycles. The van der Waals surface area contributed by atoms with Crippen molar-refractivity contribution < 1.29 is 9.90 Å². The van der Waals surface area contributed by atoms with Crippen molar-refractivity contribution in [1.82, 2.24) is 9.88 Å². The lowest BCUT2D eigenvalue weighted by atomic mass is 9.80. The second-order valence-electron chi connectivity index (χ2n) is 4.59. The van der Waals surface area contributed by atoms with Crippen LogP contribution in [0.4, 0.5) is 0 Å². The van der Waals surface area contributed by atoms with Gasteiger partial charge in [-0.15, -0.1) is 0 Å². The number of nitrogens with one attached hydrogen (secondary N) is 1. The van der Waals surface area contributed by atoms with Gasteiger partial charge in [0.05, 0.1) is 5.60 Å². The van der Waals surface area contributed by atoms with Crippen molar-refractivity contribution in [2.24, 2.45) is 0 Å². The number of hydrogen-bond acceptors (Lipinski definition) is 2. The van der Waals surface area contributed by atoms with E-state index >= 15 is 0 Å². The predicted octanol–water partition coefficient (Wildman–Crippen LogP) is 1.92. The molecule has 0 aliphatic heterocycles. The summed E-state index contributed by atoms with van der Waals surface area (Å²) in [6, 6.07) is 1.80. The van der Waals surface area contributed by atoms with Crippen LogP contribution >= 0.6 is 15.9 Å². The van der Waals surface area contributed by atoms with Gasteiger partial charge in [0, 0.05) is 23.8 Å². The summed E-state index contributed by atoms with van der Waals surface area (Å²) in [6.07, 6.45) is 4.49. The lowest BCUT2D eigenvalue weighted by Crippen LogP contribution is -2.48. The lowest BCUT2D eigenvalue weighted by molar-refractivity contribution is -0.0301. The molecule has 4 nitrogen and oxygen atoms in total. The van der Waals surface area contributed by atoms with Crippen molar-refractivity contribution in [2.45, 2.75) is 38.3 Å². The van der Waals surface area contributed by atoms with Gasteiger partial charge in [0.2, 0.25) is 0 Å². The third-order valence-electron chi connectivity index (χ3n) is 3.30. The van der Waals surface area contributed by atoms with Crippen LogP contribution in [0.25, 0.3) is 0 Å². The van der Waals surface area contributed by atoms with E-state index in [-0.39, 0.29) is 5.91 Å². The van der Waals surface area contributed by atoms with Crippen molar-refractivity contribution in [3.63, 3.8) is 0 Å². The number of carbonyl (C=O) groups excluding carboxylic acids is 1. The van der Waals surface area contributed by atoms with Gasteiger partial charge >= 0.3 is 0 Å².